The van der Waals surface area contributed by atoms with Crippen molar-refractivity contribution in [1.82, 2.24) is 9.97 Å². The highest BCUT2D eigenvalue weighted by Gasteiger charge is 2.04. The Bertz CT molecular complexity index is 495. The Morgan fingerprint density at radius 3 is 2.67 bits per heavy atom. The van der Waals surface area contributed by atoms with E-state index in [4.69, 9.17) is 11.6 Å². The van der Waals surface area contributed by atoms with Crippen LogP contribution in [0.1, 0.15) is 11.3 Å². The van der Waals surface area contributed by atoms with Crippen molar-refractivity contribution in [2.45, 2.75) is 13.8 Å². The molecule has 0 saturated carbocycles. The van der Waals surface area contributed by atoms with E-state index in [1.165, 1.54) is 0 Å². The van der Waals surface area contributed by atoms with Crippen molar-refractivity contribution in [3.8, 4) is 11.3 Å². The lowest BCUT2D eigenvalue weighted by Gasteiger charge is -2.05. The van der Waals surface area contributed by atoms with Gasteiger partial charge in [-0.05, 0) is 31.5 Å². The van der Waals surface area contributed by atoms with Gasteiger partial charge in [-0.1, -0.05) is 17.7 Å². The molecule has 0 aliphatic carbocycles. The fourth-order valence-corrected chi connectivity index (χ4v) is 1.64. The van der Waals surface area contributed by atoms with Gasteiger partial charge in [-0.3, -0.25) is 4.98 Å². The fraction of sp³-hybridized carbons (Fsp3) is 0.167. The van der Waals surface area contributed by atoms with Crippen LogP contribution in [0.25, 0.3) is 11.3 Å². The highest BCUT2D eigenvalue weighted by Crippen LogP contribution is 2.24. The van der Waals surface area contributed by atoms with Gasteiger partial charge in [-0.25, -0.2) is 4.98 Å². The standard InChI is InChI=1S/C12H11ClN2/c1-8-3-4-10(13)5-11(8)12-7-14-6-9(2)15-12/h3-7H,1-2H3. The molecule has 3 heteroatoms. The summed E-state index contributed by atoms with van der Waals surface area (Å²) in [6.07, 6.45) is 3.50. The first-order valence-corrected chi connectivity index (χ1v) is 5.10. The van der Waals surface area contributed by atoms with Crippen molar-refractivity contribution in [2.24, 2.45) is 0 Å². The fourth-order valence-electron chi connectivity index (χ4n) is 1.46. The molecule has 2 aromatic rings. The highest BCUT2D eigenvalue weighted by molar-refractivity contribution is 6.30. The molecule has 0 unspecified atom stereocenters. The minimum Gasteiger partial charge on any atom is -0.261 e. The summed E-state index contributed by atoms with van der Waals surface area (Å²) in [5, 5.41) is 0.721. The van der Waals surface area contributed by atoms with Crippen molar-refractivity contribution < 1.29 is 0 Å². The molecule has 0 aliphatic rings. The van der Waals surface area contributed by atoms with Gasteiger partial charge in [0.2, 0.25) is 0 Å². The topological polar surface area (TPSA) is 25.8 Å². The molecule has 2 nitrogen and oxygen atoms in total. The molecule has 0 N–H and O–H groups in total. The van der Waals surface area contributed by atoms with Gasteiger partial charge in [-0.15, -0.1) is 0 Å². The van der Waals surface area contributed by atoms with Crippen LogP contribution in [0.2, 0.25) is 5.02 Å². The van der Waals surface area contributed by atoms with E-state index in [-0.39, 0.29) is 0 Å². The lowest BCUT2D eigenvalue weighted by molar-refractivity contribution is 1.12. The van der Waals surface area contributed by atoms with Crippen LogP contribution in [0.3, 0.4) is 0 Å². The SMILES string of the molecule is Cc1cncc(-c2cc(Cl)ccc2C)n1. The lowest BCUT2D eigenvalue weighted by atomic mass is 10.1. The van der Waals surface area contributed by atoms with Gasteiger partial charge in [0.1, 0.15) is 0 Å². The van der Waals surface area contributed by atoms with E-state index in [0.717, 1.165) is 27.5 Å². The number of rotatable bonds is 1. The van der Waals surface area contributed by atoms with Crippen LogP contribution in [0.4, 0.5) is 0 Å². The van der Waals surface area contributed by atoms with Crippen LogP contribution >= 0.6 is 11.6 Å². The second-order valence-corrected chi connectivity index (χ2v) is 3.94. The normalized spacial score (nSPS) is 10.3. The molecular formula is C12H11ClN2. The van der Waals surface area contributed by atoms with E-state index >= 15 is 0 Å². The van der Waals surface area contributed by atoms with Crippen molar-refractivity contribution in [1.29, 1.82) is 0 Å². The van der Waals surface area contributed by atoms with Crippen LogP contribution in [0, 0.1) is 13.8 Å². The van der Waals surface area contributed by atoms with Gasteiger partial charge in [-0.2, -0.15) is 0 Å². The Hall–Kier alpha value is -1.41. The van der Waals surface area contributed by atoms with E-state index in [1.807, 2.05) is 32.0 Å². The number of aromatic nitrogens is 2. The third-order valence-electron chi connectivity index (χ3n) is 2.23. The van der Waals surface area contributed by atoms with Crippen LogP contribution in [-0.2, 0) is 0 Å². The molecule has 2 rings (SSSR count). The van der Waals surface area contributed by atoms with E-state index in [2.05, 4.69) is 9.97 Å². The quantitative estimate of drug-likeness (QED) is 0.733. The summed E-state index contributed by atoms with van der Waals surface area (Å²) in [6, 6.07) is 5.78. The number of hydrogen-bond donors (Lipinski definition) is 0. The summed E-state index contributed by atoms with van der Waals surface area (Å²) in [4.78, 5) is 8.55. The summed E-state index contributed by atoms with van der Waals surface area (Å²) in [6.45, 7) is 3.96. The van der Waals surface area contributed by atoms with Gasteiger partial charge in [0.25, 0.3) is 0 Å². The number of aryl methyl sites for hydroxylation is 2. The molecule has 0 atom stereocenters. The molecular weight excluding hydrogens is 208 g/mol. The van der Waals surface area contributed by atoms with Crippen LogP contribution < -0.4 is 0 Å². The number of nitrogens with zero attached hydrogens (tertiary/aromatic N) is 2. The first kappa shape index (κ1) is 10.1. The first-order chi connectivity index (χ1) is 7.16. The summed E-state index contributed by atoms with van der Waals surface area (Å²) in [5.74, 6) is 0. The molecule has 0 bridgehead atoms. The van der Waals surface area contributed by atoms with E-state index in [1.54, 1.807) is 12.4 Å². The van der Waals surface area contributed by atoms with Gasteiger partial charge in [0.15, 0.2) is 0 Å². The predicted molar refractivity (Wildman–Crippen MR) is 62.0 cm³/mol. The smallest absolute Gasteiger partial charge is 0.0891 e. The van der Waals surface area contributed by atoms with Crippen molar-refractivity contribution in [3.63, 3.8) is 0 Å². The molecule has 0 radical (unpaired) electrons. The Morgan fingerprint density at radius 1 is 1.13 bits per heavy atom. The number of hydrogen-bond acceptors (Lipinski definition) is 2. The largest absolute Gasteiger partial charge is 0.261 e. The van der Waals surface area contributed by atoms with E-state index < -0.39 is 0 Å². The Morgan fingerprint density at radius 2 is 1.93 bits per heavy atom. The summed E-state index contributed by atoms with van der Waals surface area (Å²) in [7, 11) is 0. The number of halogens is 1. The third kappa shape index (κ3) is 2.16. The van der Waals surface area contributed by atoms with Gasteiger partial charge >= 0.3 is 0 Å². The maximum Gasteiger partial charge on any atom is 0.0891 e. The summed E-state index contributed by atoms with van der Waals surface area (Å²) in [5.41, 5.74) is 3.97. The summed E-state index contributed by atoms with van der Waals surface area (Å²) >= 11 is 5.96. The molecule has 76 valence electrons. The zero-order chi connectivity index (χ0) is 10.8. The predicted octanol–water partition coefficient (Wildman–Crippen LogP) is 3.41. The van der Waals surface area contributed by atoms with Crippen molar-refractivity contribution >= 4 is 11.6 Å². The molecule has 15 heavy (non-hydrogen) atoms. The molecule has 0 fully saturated rings. The van der Waals surface area contributed by atoms with Gasteiger partial charge in [0, 0.05) is 16.8 Å². The Labute approximate surface area is 94.0 Å². The Balaban J connectivity index is 2.58. The first-order valence-electron chi connectivity index (χ1n) is 4.72. The average Bonchev–Trinajstić information content (AvgIpc) is 2.22. The second kappa shape index (κ2) is 3.99. The maximum atomic E-state index is 5.96. The van der Waals surface area contributed by atoms with Crippen LogP contribution in [-0.4, -0.2) is 9.97 Å². The minimum atomic E-state index is 0.721. The van der Waals surface area contributed by atoms with Crippen LogP contribution in [0.5, 0.6) is 0 Å². The average molecular weight is 219 g/mol. The Kier molecular flexibility index (Phi) is 2.69. The van der Waals surface area contributed by atoms with Gasteiger partial charge < -0.3 is 0 Å². The molecule has 0 spiro atoms. The monoisotopic (exact) mass is 218 g/mol. The molecule has 1 aromatic carbocycles. The van der Waals surface area contributed by atoms with Gasteiger partial charge in [0.05, 0.1) is 17.6 Å². The molecule has 0 saturated heterocycles. The third-order valence-corrected chi connectivity index (χ3v) is 2.47. The molecule has 1 aromatic heterocycles. The van der Waals surface area contributed by atoms with Crippen LogP contribution in [0.15, 0.2) is 30.6 Å². The zero-order valence-corrected chi connectivity index (χ0v) is 9.42. The van der Waals surface area contributed by atoms with Crippen molar-refractivity contribution in [2.75, 3.05) is 0 Å². The van der Waals surface area contributed by atoms with E-state index in [0.29, 0.717) is 0 Å². The van der Waals surface area contributed by atoms with Crippen molar-refractivity contribution in [3.05, 3.63) is 46.9 Å². The highest BCUT2D eigenvalue weighted by atomic mass is 35.5. The number of benzene rings is 1. The molecule has 0 aliphatic heterocycles. The lowest BCUT2D eigenvalue weighted by Crippen LogP contribution is -1.91. The van der Waals surface area contributed by atoms with E-state index in [9.17, 15) is 0 Å². The molecule has 1 heterocycles. The molecule has 0 amide bonds. The maximum absolute atomic E-state index is 5.96. The second-order valence-electron chi connectivity index (χ2n) is 3.50. The summed E-state index contributed by atoms with van der Waals surface area (Å²) < 4.78 is 0. The minimum absolute atomic E-state index is 0.721. The zero-order valence-electron chi connectivity index (χ0n) is 8.66.